The molecular weight excluding hydrogens is 292 g/mol. The van der Waals surface area contributed by atoms with E-state index in [4.69, 9.17) is 4.74 Å². The Labute approximate surface area is 133 Å². The molecule has 1 N–H and O–H groups in total. The van der Waals surface area contributed by atoms with Crippen LogP contribution in [0.2, 0.25) is 0 Å². The van der Waals surface area contributed by atoms with Gasteiger partial charge < -0.3 is 15.0 Å². The minimum Gasteiger partial charge on any atom is -0.466 e. The van der Waals surface area contributed by atoms with Crippen LogP contribution in [0.15, 0.2) is 0 Å². The van der Waals surface area contributed by atoms with E-state index in [1.807, 2.05) is 11.8 Å². The molecule has 0 aliphatic carbocycles. The van der Waals surface area contributed by atoms with Crippen LogP contribution in [-0.2, 0) is 14.3 Å². The number of carbonyl (C=O) groups is 2. The van der Waals surface area contributed by atoms with Crippen LogP contribution in [-0.4, -0.2) is 49.1 Å². The van der Waals surface area contributed by atoms with E-state index in [0.717, 1.165) is 38.8 Å². The molecule has 5 nitrogen and oxygen atoms in total. The molecule has 1 amide bonds. The molecule has 2 saturated heterocycles. The average molecular weight is 319 g/mol. The van der Waals surface area contributed by atoms with E-state index in [1.54, 1.807) is 0 Å². The fourth-order valence-electron chi connectivity index (χ4n) is 3.24. The van der Waals surface area contributed by atoms with Gasteiger partial charge in [0.1, 0.15) is 0 Å². The molecule has 0 bridgehead atoms. The van der Waals surface area contributed by atoms with Crippen LogP contribution in [0.5, 0.6) is 0 Å². The fourth-order valence-corrected chi connectivity index (χ4v) is 3.24. The van der Waals surface area contributed by atoms with Crippen LogP contribution in [0.3, 0.4) is 0 Å². The van der Waals surface area contributed by atoms with Gasteiger partial charge in [-0.3, -0.25) is 9.59 Å². The summed E-state index contributed by atoms with van der Waals surface area (Å²) in [7, 11) is 0. The van der Waals surface area contributed by atoms with E-state index >= 15 is 0 Å². The van der Waals surface area contributed by atoms with Crippen LogP contribution in [0, 0.1) is 11.8 Å². The molecule has 21 heavy (non-hydrogen) atoms. The van der Waals surface area contributed by atoms with Gasteiger partial charge in [-0.1, -0.05) is 0 Å². The highest BCUT2D eigenvalue weighted by molar-refractivity contribution is 5.85. The molecule has 0 aromatic heterocycles. The van der Waals surface area contributed by atoms with Crippen LogP contribution in [0.25, 0.3) is 0 Å². The third-order valence-corrected chi connectivity index (χ3v) is 4.33. The molecule has 0 saturated carbocycles. The summed E-state index contributed by atoms with van der Waals surface area (Å²) in [5.74, 6) is 0.0648. The predicted molar refractivity (Wildman–Crippen MR) is 83.4 cm³/mol. The molecule has 6 heteroatoms. The number of nitrogens with one attached hydrogen (secondary N) is 1. The zero-order valence-corrected chi connectivity index (χ0v) is 13.8. The van der Waals surface area contributed by atoms with Crippen molar-refractivity contribution in [1.29, 1.82) is 0 Å². The second kappa shape index (κ2) is 8.59. The number of esters is 1. The van der Waals surface area contributed by atoms with Gasteiger partial charge in [-0.25, -0.2) is 0 Å². The van der Waals surface area contributed by atoms with Crippen LogP contribution in [0.1, 0.15) is 39.5 Å². The van der Waals surface area contributed by atoms with E-state index in [2.05, 4.69) is 12.2 Å². The molecule has 0 spiro atoms. The number of hydrogen-bond donors (Lipinski definition) is 1. The number of hydrogen-bond acceptors (Lipinski definition) is 4. The Hall–Kier alpha value is -0.810. The minimum atomic E-state index is -0.149. The van der Waals surface area contributed by atoms with Gasteiger partial charge in [-0.05, 0) is 46.1 Å². The highest BCUT2D eigenvalue weighted by atomic mass is 35.5. The van der Waals surface area contributed by atoms with E-state index < -0.39 is 0 Å². The fraction of sp³-hybridized carbons (Fsp3) is 0.867. The van der Waals surface area contributed by atoms with Gasteiger partial charge in [0, 0.05) is 25.0 Å². The summed E-state index contributed by atoms with van der Waals surface area (Å²) in [6, 6.07) is 0.406. The molecule has 122 valence electrons. The minimum absolute atomic E-state index is 0. The zero-order valence-electron chi connectivity index (χ0n) is 13.0. The highest BCUT2D eigenvalue weighted by Crippen LogP contribution is 2.24. The highest BCUT2D eigenvalue weighted by Gasteiger charge is 2.33. The summed E-state index contributed by atoms with van der Waals surface area (Å²) in [5.41, 5.74) is 0. The van der Waals surface area contributed by atoms with Crippen molar-refractivity contribution in [1.82, 2.24) is 10.2 Å². The lowest BCUT2D eigenvalue weighted by Crippen LogP contribution is -2.48. The Balaban J connectivity index is 0.00000220. The first-order valence-corrected chi connectivity index (χ1v) is 7.80. The molecule has 2 rings (SSSR count). The van der Waals surface area contributed by atoms with Crippen LogP contribution in [0.4, 0.5) is 0 Å². The second-order valence-corrected chi connectivity index (χ2v) is 5.95. The molecule has 2 aliphatic rings. The number of rotatable bonds is 3. The maximum Gasteiger partial charge on any atom is 0.310 e. The SMILES string of the molecule is CCOC(=O)C1CCCN(C(=O)[C@H]2CCN[C@@H](C)C2)C1.Cl. The number of carbonyl (C=O) groups excluding carboxylic acids is 2. The van der Waals surface area contributed by atoms with Crippen LogP contribution >= 0.6 is 12.4 Å². The number of ether oxygens (including phenoxy) is 1. The van der Waals surface area contributed by atoms with Gasteiger partial charge in [0.25, 0.3) is 0 Å². The Kier molecular flexibility index (Phi) is 7.46. The summed E-state index contributed by atoms with van der Waals surface area (Å²) >= 11 is 0. The standard InChI is InChI=1S/C15H26N2O3.ClH/c1-3-20-15(19)13-5-4-8-17(10-13)14(18)12-6-7-16-11(2)9-12;/h11-13,16H,3-10H2,1-2H3;1H/t11-,12-,13?;/m0./s1. The lowest BCUT2D eigenvalue weighted by molar-refractivity contribution is -0.152. The summed E-state index contributed by atoms with van der Waals surface area (Å²) in [5, 5.41) is 3.37. The maximum atomic E-state index is 12.6. The molecule has 0 aromatic carbocycles. The number of nitrogens with zero attached hydrogens (tertiary/aromatic N) is 1. The molecular formula is C15H27ClN2O3. The van der Waals surface area contributed by atoms with Crippen molar-refractivity contribution in [2.24, 2.45) is 11.8 Å². The first kappa shape index (κ1) is 18.2. The lowest BCUT2D eigenvalue weighted by Gasteiger charge is -2.36. The first-order valence-electron chi connectivity index (χ1n) is 7.80. The van der Waals surface area contributed by atoms with Crippen molar-refractivity contribution >= 4 is 24.3 Å². The van der Waals surface area contributed by atoms with Gasteiger partial charge in [-0.2, -0.15) is 0 Å². The number of likely N-dealkylation sites (tertiary alicyclic amines) is 1. The topological polar surface area (TPSA) is 58.6 Å². The van der Waals surface area contributed by atoms with Gasteiger partial charge in [-0.15, -0.1) is 12.4 Å². The zero-order chi connectivity index (χ0) is 14.5. The number of amides is 1. The van der Waals surface area contributed by atoms with Crippen molar-refractivity contribution in [3.63, 3.8) is 0 Å². The van der Waals surface area contributed by atoms with Crippen molar-refractivity contribution in [3.8, 4) is 0 Å². The largest absolute Gasteiger partial charge is 0.466 e. The molecule has 1 unspecified atom stereocenters. The Morgan fingerprint density at radius 2 is 2.05 bits per heavy atom. The summed E-state index contributed by atoms with van der Waals surface area (Å²) in [6.45, 7) is 6.59. The monoisotopic (exact) mass is 318 g/mol. The van der Waals surface area contributed by atoms with Gasteiger partial charge in [0.05, 0.1) is 12.5 Å². The van der Waals surface area contributed by atoms with Crippen molar-refractivity contribution < 1.29 is 14.3 Å². The molecule has 2 aliphatic heterocycles. The molecule has 0 radical (unpaired) electrons. The van der Waals surface area contributed by atoms with Crippen molar-refractivity contribution in [2.45, 2.75) is 45.6 Å². The smallest absolute Gasteiger partial charge is 0.310 e. The number of halogens is 1. The van der Waals surface area contributed by atoms with Gasteiger partial charge >= 0.3 is 5.97 Å². The van der Waals surface area contributed by atoms with Crippen molar-refractivity contribution in [3.05, 3.63) is 0 Å². The Bertz CT molecular complexity index is 365. The Morgan fingerprint density at radius 1 is 1.29 bits per heavy atom. The van der Waals surface area contributed by atoms with E-state index in [1.165, 1.54) is 0 Å². The first-order chi connectivity index (χ1) is 9.61. The van der Waals surface area contributed by atoms with E-state index in [0.29, 0.717) is 19.2 Å². The third-order valence-electron chi connectivity index (χ3n) is 4.33. The second-order valence-electron chi connectivity index (χ2n) is 5.95. The van der Waals surface area contributed by atoms with E-state index in [9.17, 15) is 9.59 Å². The van der Waals surface area contributed by atoms with Gasteiger partial charge in [0.2, 0.25) is 5.91 Å². The summed E-state index contributed by atoms with van der Waals surface area (Å²) in [6.07, 6.45) is 3.55. The molecule has 2 heterocycles. The molecule has 3 atom stereocenters. The summed E-state index contributed by atoms with van der Waals surface area (Å²) < 4.78 is 5.09. The summed E-state index contributed by atoms with van der Waals surface area (Å²) in [4.78, 5) is 26.3. The Morgan fingerprint density at radius 3 is 2.71 bits per heavy atom. The average Bonchev–Trinajstić information content (AvgIpc) is 2.47. The van der Waals surface area contributed by atoms with E-state index in [-0.39, 0.29) is 36.1 Å². The van der Waals surface area contributed by atoms with Crippen LogP contribution < -0.4 is 5.32 Å². The maximum absolute atomic E-state index is 12.6. The predicted octanol–water partition coefficient (Wildman–Crippen LogP) is 1.60. The lowest BCUT2D eigenvalue weighted by atomic mass is 9.90. The molecule has 2 fully saturated rings. The van der Waals surface area contributed by atoms with Crippen molar-refractivity contribution in [2.75, 3.05) is 26.2 Å². The van der Waals surface area contributed by atoms with Gasteiger partial charge in [0.15, 0.2) is 0 Å². The normalized spacial score (nSPS) is 29.4. The quantitative estimate of drug-likeness (QED) is 0.803. The third kappa shape index (κ3) is 4.85. The molecule has 0 aromatic rings. The number of piperidine rings is 2.